The van der Waals surface area contributed by atoms with E-state index in [-0.39, 0.29) is 10.9 Å². The molecule has 1 aromatic carbocycles. The molecule has 0 fully saturated rings. The molecule has 4 rings (SSSR count). The highest BCUT2D eigenvalue weighted by molar-refractivity contribution is 7.90. The Kier molecular flexibility index (Phi) is 7.72. The molecule has 0 saturated heterocycles. The van der Waals surface area contributed by atoms with Crippen molar-refractivity contribution in [2.24, 2.45) is 0 Å². The summed E-state index contributed by atoms with van der Waals surface area (Å²) in [4.78, 5) is 12.1. The topological polar surface area (TPSA) is 111 Å². The molecule has 13 heteroatoms. The Bertz CT molecular complexity index is 1430. The summed E-state index contributed by atoms with van der Waals surface area (Å²) in [7, 11) is -4.15. The first-order valence-electron chi connectivity index (χ1n) is 11.3. The number of sulfonamides is 1. The molecule has 36 heavy (non-hydrogen) atoms. The zero-order valence-corrected chi connectivity index (χ0v) is 22.0. The van der Waals surface area contributed by atoms with Crippen LogP contribution in [-0.4, -0.2) is 40.6 Å². The number of urea groups is 1. The Hall–Kier alpha value is -2.89. The summed E-state index contributed by atoms with van der Waals surface area (Å²) in [6.07, 6.45) is 6.10. The zero-order valence-electron chi connectivity index (χ0n) is 19.6. The highest BCUT2D eigenvalue weighted by Crippen LogP contribution is 2.34. The van der Waals surface area contributed by atoms with Crippen LogP contribution in [0.1, 0.15) is 49.6 Å². The van der Waals surface area contributed by atoms with Crippen LogP contribution in [0.5, 0.6) is 0 Å². The molecule has 3 aromatic rings. The van der Waals surface area contributed by atoms with Gasteiger partial charge in [-0.2, -0.15) is 10.2 Å². The van der Waals surface area contributed by atoms with Crippen LogP contribution in [0.2, 0.25) is 10.0 Å². The number of carbonyl (C=O) groups is 1. The van der Waals surface area contributed by atoms with E-state index >= 15 is 4.39 Å². The van der Waals surface area contributed by atoms with Gasteiger partial charge in [-0.25, -0.2) is 22.3 Å². The molecular weight excluding hydrogens is 530 g/mol. The Morgan fingerprint density at radius 3 is 2.67 bits per heavy atom. The third-order valence-corrected chi connectivity index (χ3v) is 7.66. The number of fused-ring (bicyclic) bond motifs is 1. The van der Waals surface area contributed by atoms with Gasteiger partial charge in [-0.05, 0) is 56.4 Å². The van der Waals surface area contributed by atoms with Crippen LogP contribution in [0.4, 0.5) is 9.18 Å². The number of benzene rings is 1. The van der Waals surface area contributed by atoms with E-state index in [1.54, 1.807) is 29.1 Å². The SMILES string of the molecule is CC(C)n1cc(S(=O)(=O)NC(=O)NC/C(F)=C2\CCCc3cnn(Cc4ccc(Cl)cc4Cl)c32)cn1. The average Bonchev–Trinajstić information content (AvgIpc) is 3.47. The van der Waals surface area contributed by atoms with E-state index < -0.39 is 28.4 Å². The molecular formula is C23H25Cl2FN6O3S. The van der Waals surface area contributed by atoms with E-state index in [9.17, 15) is 13.2 Å². The van der Waals surface area contributed by atoms with Crippen molar-refractivity contribution in [2.75, 3.05) is 6.54 Å². The Morgan fingerprint density at radius 2 is 1.97 bits per heavy atom. The van der Waals surface area contributed by atoms with Crippen LogP contribution in [0.25, 0.3) is 5.57 Å². The molecule has 0 spiro atoms. The van der Waals surface area contributed by atoms with Crippen molar-refractivity contribution in [3.05, 3.63) is 69.5 Å². The number of rotatable bonds is 7. The van der Waals surface area contributed by atoms with Gasteiger partial charge in [-0.15, -0.1) is 0 Å². The van der Waals surface area contributed by atoms with E-state index in [0.717, 1.165) is 30.2 Å². The number of hydrogen-bond donors (Lipinski definition) is 2. The normalized spacial score (nSPS) is 15.1. The van der Waals surface area contributed by atoms with Gasteiger partial charge in [-0.3, -0.25) is 9.36 Å². The van der Waals surface area contributed by atoms with Crippen molar-refractivity contribution < 1.29 is 17.6 Å². The zero-order chi connectivity index (χ0) is 26.0. The van der Waals surface area contributed by atoms with Crippen LogP contribution >= 0.6 is 23.2 Å². The first-order valence-corrected chi connectivity index (χ1v) is 13.5. The van der Waals surface area contributed by atoms with E-state index in [4.69, 9.17) is 23.2 Å². The Morgan fingerprint density at radius 1 is 1.19 bits per heavy atom. The van der Waals surface area contributed by atoms with E-state index in [2.05, 4.69) is 15.5 Å². The van der Waals surface area contributed by atoms with Gasteiger partial charge < -0.3 is 5.32 Å². The molecule has 2 aromatic heterocycles. The minimum atomic E-state index is -4.15. The fourth-order valence-electron chi connectivity index (χ4n) is 3.95. The number of aromatic nitrogens is 4. The van der Waals surface area contributed by atoms with Crippen molar-refractivity contribution >= 4 is 44.8 Å². The highest BCUT2D eigenvalue weighted by Gasteiger charge is 2.25. The quantitative estimate of drug-likeness (QED) is 0.439. The molecule has 0 unspecified atom stereocenters. The first-order chi connectivity index (χ1) is 17.0. The highest BCUT2D eigenvalue weighted by atomic mass is 35.5. The number of carbonyl (C=O) groups excluding carboxylic acids is 1. The number of halogens is 3. The lowest BCUT2D eigenvalue weighted by Gasteiger charge is -2.19. The molecule has 1 aliphatic carbocycles. The van der Waals surface area contributed by atoms with Crippen LogP contribution in [0.3, 0.4) is 0 Å². The Labute approximate surface area is 218 Å². The van der Waals surface area contributed by atoms with Crippen molar-refractivity contribution in [1.29, 1.82) is 0 Å². The fourth-order valence-corrected chi connectivity index (χ4v) is 5.28. The maximum Gasteiger partial charge on any atom is 0.329 e. The third kappa shape index (κ3) is 5.74. The van der Waals surface area contributed by atoms with E-state index in [0.29, 0.717) is 34.3 Å². The van der Waals surface area contributed by atoms with E-state index in [1.165, 1.54) is 10.9 Å². The summed E-state index contributed by atoms with van der Waals surface area (Å²) in [5, 5.41) is 11.7. The number of allylic oxidation sites excluding steroid dienone is 1. The maximum atomic E-state index is 15.3. The molecule has 0 saturated carbocycles. The summed E-state index contributed by atoms with van der Waals surface area (Å²) in [5.41, 5.74) is 2.73. The standard InChI is InChI=1S/C23H25Cl2FN6O3S/c1-14(2)31-13-18(10-29-31)36(34,35)30-23(33)27-11-21(26)19-5-3-4-15-9-28-32(22(15)19)12-16-6-7-17(24)8-20(16)25/h6-10,13-14H,3-5,11-12H2,1-2H3,(H2,27,30,33)/b21-19-. The minimum Gasteiger partial charge on any atom is -0.331 e. The minimum absolute atomic E-state index is 0.0481. The number of amides is 2. The van der Waals surface area contributed by atoms with Gasteiger partial charge in [0.2, 0.25) is 0 Å². The first kappa shape index (κ1) is 26.2. The van der Waals surface area contributed by atoms with Crippen molar-refractivity contribution in [3.63, 3.8) is 0 Å². The lowest BCUT2D eigenvalue weighted by molar-refractivity contribution is 0.246. The molecule has 0 bridgehead atoms. The summed E-state index contributed by atoms with van der Waals surface area (Å²) in [6, 6.07) is 4.06. The monoisotopic (exact) mass is 554 g/mol. The summed E-state index contributed by atoms with van der Waals surface area (Å²) < 4.78 is 45.2. The van der Waals surface area contributed by atoms with Gasteiger partial charge >= 0.3 is 6.03 Å². The molecule has 0 atom stereocenters. The van der Waals surface area contributed by atoms with Crippen molar-refractivity contribution in [2.45, 2.75) is 50.6 Å². The van der Waals surface area contributed by atoms with Gasteiger partial charge in [0.15, 0.2) is 0 Å². The van der Waals surface area contributed by atoms with Crippen LogP contribution in [-0.2, 0) is 23.0 Å². The number of nitrogens with zero attached hydrogens (tertiary/aromatic N) is 4. The molecule has 192 valence electrons. The van der Waals surface area contributed by atoms with Gasteiger partial charge in [0.25, 0.3) is 10.0 Å². The fraction of sp³-hybridized carbons (Fsp3) is 0.348. The average molecular weight is 555 g/mol. The third-order valence-electron chi connectivity index (χ3n) is 5.79. The number of hydrogen-bond acceptors (Lipinski definition) is 5. The molecule has 2 amide bonds. The second-order valence-corrected chi connectivity index (χ2v) is 11.2. The lowest BCUT2D eigenvalue weighted by Crippen LogP contribution is -2.40. The van der Waals surface area contributed by atoms with Crippen molar-refractivity contribution in [3.8, 4) is 0 Å². The summed E-state index contributed by atoms with van der Waals surface area (Å²) in [5.74, 6) is -0.569. The van der Waals surface area contributed by atoms with Gasteiger partial charge in [0.1, 0.15) is 10.7 Å². The van der Waals surface area contributed by atoms with Crippen molar-refractivity contribution in [1.82, 2.24) is 29.6 Å². The predicted octanol–water partition coefficient (Wildman–Crippen LogP) is 4.72. The van der Waals surface area contributed by atoms with Gasteiger partial charge in [0, 0.05) is 27.9 Å². The smallest absolute Gasteiger partial charge is 0.329 e. The Balaban J connectivity index is 1.48. The summed E-state index contributed by atoms with van der Waals surface area (Å²) >= 11 is 12.3. The van der Waals surface area contributed by atoms with Crippen LogP contribution < -0.4 is 10.0 Å². The molecule has 1 aliphatic rings. The number of nitrogens with one attached hydrogen (secondary N) is 2. The second-order valence-electron chi connectivity index (χ2n) is 8.69. The van der Waals surface area contributed by atoms with Gasteiger partial charge in [0.05, 0.1) is 31.2 Å². The largest absolute Gasteiger partial charge is 0.331 e. The molecule has 2 N–H and O–H groups in total. The van der Waals surface area contributed by atoms with Gasteiger partial charge in [-0.1, -0.05) is 29.3 Å². The number of aryl methyl sites for hydroxylation is 1. The second kappa shape index (κ2) is 10.6. The molecule has 2 heterocycles. The molecule has 0 radical (unpaired) electrons. The van der Waals surface area contributed by atoms with Crippen LogP contribution in [0, 0.1) is 0 Å². The lowest BCUT2D eigenvalue weighted by atomic mass is 9.92. The van der Waals surface area contributed by atoms with E-state index in [1.807, 2.05) is 18.6 Å². The predicted molar refractivity (Wildman–Crippen MR) is 135 cm³/mol. The summed E-state index contributed by atoms with van der Waals surface area (Å²) in [6.45, 7) is 3.52. The molecule has 9 nitrogen and oxygen atoms in total. The van der Waals surface area contributed by atoms with Crippen LogP contribution in [0.15, 0.2) is 47.5 Å². The maximum absolute atomic E-state index is 15.3. The molecule has 0 aliphatic heterocycles.